The number of aromatic nitrogens is 2. The molecule has 0 saturated carbocycles. The fraction of sp³-hybridized carbons (Fsp3) is 0.667. The van der Waals surface area contributed by atoms with Crippen LogP contribution < -0.4 is 4.90 Å². The third kappa shape index (κ3) is 2.53. The minimum Gasteiger partial charge on any atom is -0.377 e. The molecule has 0 aliphatic carbocycles. The summed E-state index contributed by atoms with van der Waals surface area (Å²) >= 11 is 6.12. The van der Waals surface area contributed by atoms with Crippen molar-refractivity contribution in [3.05, 3.63) is 16.5 Å². The lowest BCUT2D eigenvalue weighted by Crippen LogP contribution is -2.46. The van der Waals surface area contributed by atoms with Gasteiger partial charge in [0.05, 0.1) is 19.3 Å². The van der Waals surface area contributed by atoms with Gasteiger partial charge in [-0.3, -0.25) is 0 Å². The summed E-state index contributed by atoms with van der Waals surface area (Å²) in [6.45, 7) is 8.38. The number of ether oxygens (including phenoxy) is 1. The average molecular weight is 256 g/mol. The number of anilines is 1. The fourth-order valence-electron chi connectivity index (χ4n) is 2.13. The van der Waals surface area contributed by atoms with Gasteiger partial charge in [0.1, 0.15) is 16.8 Å². The van der Waals surface area contributed by atoms with Crippen LogP contribution in [0.2, 0.25) is 5.15 Å². The van der Waals surface area contributed by atoms with Crippen molar-refractivity contribution >= 4 is 17.4 Å². The van der Waals surface area contributed by atoms with E-state index in [1.54, 1.807) is 0 Å². The third-order valence-electron chi connectivity index (χ3n) is 3.14. The quantitative estimate of drug-likeness (QED) is 0.761. The summed E-state index contributed by atoms with van der Waals surface area (Å²) < 4.78 is 5.51. The number of hydrogen-bond acceptors (Lipinski definition) is 4. The van der Waals surface area contributed by atoms with E-state index in [4.69, 9.17) is 16.3 Å². The first-order valence-electron chi connectivity index (χ1n) is 5.98. The summed E-state index contributed by atoms with van der Waals surface area (Å²) in [6, 6.07) is 0.382. The molecule has 94 valence electrons. The van der Waals surface area contributed by atoms with Gasteiger partial charge >= 0.3 is 0 Å². The summed E-state index contributed by atoms with van der Waals surface area (Å²) in [7, 11) is 0. The largest absolute Gasteiger partial charge is 0.377 e. The van der Waals surface area contributed by atoms with E-state index >= 15 is 0 Å². The van der Waals surface area contributed by atoms with Crippen LogP contribution in [-0.2, 0) is 4.74 Å². The predicted octanol–water partition coefficient (Wildman–Crippen LogP) is 2.36. The molecular formula is C12H18ClN3O. The molecule has 0 spiro atoms. The molecule has 0 aromatic carbocycles. The molecule has 0 bridgehead atoms. The van der Waals surface area contributed by atoms with Crippen LogP contribution >= 0.6 is 11.6 Å². The van der Waals surface area contributed by atoms with E-state index in [1.165, 1.54) is 0 Å². The van der Waals surface area contributed by atoms with Crippen molar-refractivity contribution < 1.29 is 4.74 Å². The Balaban J connectivity index is 2.37. The van der Waals surface area contributed by atoms with Crippen molar-refractivity contribution in [2.75, 3.05) is 24.7 Å². The van der Waals surface area contributed by atoms with Gasteiger partial charge in [0.25, 0.3) is 0 Å². The zero-order chi connectivity index (χ0) is 12.4. The third-order valence-corrected chi connectivity index (χ3v) is 3.51. The van der Waals surface area contributed by atoms with Crippen molar-refractivity contribution in [1.82, 2.24) is 9.97 Å². The topological polar surface area (TPSA) is 38.2 Å². The highest BCUT2D eigenvalue weighted by molar-refractivity contribution is 6.30. The number of nitrogens with zero attached hydrogens (tertiary/aromatic N) is 3. The Morgan fingerprint density at radius 3 is 2.88 bits per heavy atom. The Morgan fingerprint density at radius 2 is 2.18 bits per heavy atom. The van der Waals surface area contributed by atoms with Crippen molar-refractivity contribution in [1.29, 1.82) is 0 Å². The summed E-state index contributed by atoms with van der Waals surface area (Å²) in [5.41, 5.74) is 0.956. The molecule has 0 amide bonds. The second kappa shape index (κ2) is 5.19. The molecule has 0 radical (unpaired) electrons. The molecule has 1 atom stereocenters. The van der Waals surface area contributed by atoms with E-state index < -0.39 is 0 Å². The van der Waals surface area contributed by atoms with Crippen molar-refractivity contribution in [2.45, 2.75) is 33.2 Å². The number of morpholine rings is 1. The van der Waals surface area contributed by atoms with Gasteiger partial charge in [-0.2, -0.15) is 0 Å². The number of rotatable bonds is 2. The van der Waals surface area contributed by atoms with Gasteiger partial charge in [0.2, 0.25) is 0 Å². The van der Waals surface area contributed by atoms with Crippen LogP contribution in [0.1, 0.15) is 24.7 Å². The van der Waals surface area contributed by atoms with Crippen LogP contribution in [0.3, 0.4) is 0 Å². The number of aryl methyl sites for hydroxylation is 1. The predicted molar refractivity (Wildman–Crippen MR) is 68.8 cm³/mol. The highest BCUT2D eigenvalue weighted by Gasteiger charge is 2.25. The molecule has 17 heavy (non-hydrogen) atoms. The van der Waals surface area contributed by atoms with Crippen molar-refractivity contribution in [3.63, 3.8) is 0 Å². The molecular weight excluding hydrogens is 238 g/mol. The molecule has 4 nitrogen and oxygen atoms in total. The summed E-state index contributed by atoms with van der Waals surface area (Å²) in [6.07, 6.45) is 1.04. The molecule has 2 rings (SSSR count). The van der Waals surface area contributed by atoms with Crippen LogP contribution in [0.15, 0.2) is 0 Å². The van der Waals surface area contributed by atoms with Crippen LogP contribution in [0.4, 0.5) is 5.82 Å². The standard InChI is InChI=1S/C12H18ClN3O/c1-4-10-7-17-6-5-16(10)12-8(2)11(13)14-9(3)15-12/h10H,4-7H2,1-3H3. The lowest BCUT2D eigenvalue weighted by Gasteiger charge is -2.36. The van der Waals surface area contributed by atoms with E-state index in [9.17, 15) is 0 Å². The monoisotopic (exact) mass is 255 g/mol. The van der Waals surface area contributed by atoms with Crippen LogP contribution in [0.5, 0.6) is 0 Å². The van der Waals surface area contributed by atoms with Crippen LogP contribution in [-0.4, -0.2) is 35.8 Å². The molecule has 1 aromatic rings. The molecule has 1 unspecified atom stereocenters. The molecule has 1 aromatic heterocycles. The zero-order valence-corrected chi connectivity index (χ0v) is 11.3. The first-order valence-corrected chi connectivity index (χ1v) is 6.36. The van der Waals surface area contributed by atoms with E-state index in [-0.39, 0.29) is 0 Å². The van der Waals surface area contributed by atoms with Gasteiger partial charge in [0.15, 0.2) is 0 Å². The normalized spacial score (nSPS) is 20.7. The molecule has 5 heteroatoms. The Bertz CT molecular complexity index is 411. The number of halogens is 1. The second-order valence-electron chi connectivity index (χ2n) is 4.34. The van der Waals surface area contributed by atoms with Crippen molar-refractivity contribution in [2.24, 2.45) is 0 Å². The second-order valence-corrected chi connectivity index (χ2v) is 4.70. The van der Waals surface area contributed by atoms with Gasteiger partial charge in [-0.05, 0) is 20.3 Å². The van der Waals surface area contributed by atoms with E-state index in [0.717, 1.165) is 43.4 Å². The maximum Gasteiger partial charge on any atom is 0.137 e. The number of hydrogen-bond donors (Lipinski definition) is 0. The molecule has 1 fully saturated rings. The van der Waals surface area contributed by atoms with E-state index in [1.807, 2.05) is 13.8 Å². The lowest BCUT2D eigenvalue weighted by molar-refractivity contribution is 0.0925. The minimum absolute atomic E-state index is 0.382. The van der Waals surface area contributed by atoms with Crippen LogP contribution in [0.25, 0.3) is 0 Å². The first-order chi connectivity index (χ1) is 8.13. The molecule has 1 aliphatic heterocycles. The van der Waals surface area contributed by atoms with E-state index in [0.29, 0.717) is 11.2 Å². The van der Waals surface area contributed by atoms with Gasteiger partial charge in [0, 0.05) is 12.1 Å². The van der Waals surface area contributed by atoms with Crippen LogP contribution in [0, 0.1) is 13.8 Å². The van der Waals surface area contributed by atoms with Gasteiger partial charge in [-0.15, -0.1) is 0 Å². The van der Waals surface area contributed by atoms with Gasteiger partial charge < -0.3 is 9.64 Å². The average Bonchev–Trinajstić information content (AvgIpc) is 2.33. The molecule has 1 saturated heterocycles. The summed E-state index contributed by atoms with van der Waals surface area (Å²) in [5, 5.41) is 0.550. The molecule has 0 N–H and O–H groups in total. The maximum absolute atomic E-state index is 6.12. The fourth-order valence-corrected chi connectivity index (χ4v) is 2.34. The molecule has 1 aliphatic rings. The highest BCUT2D eigenvalue weighted by Crippen LogP contribution is 2.26. The Morgan fingerprint density at radius 1 is 1.41 bits per heavy atom. The zero-order valence-electron chi connectivity index (χ0n) is 10.5. The van der Waals surface area contributed by atoms with E-state index in [2.05, 4.69) is 21.8 Å². The van der Waals surface area contributed by atoms with Gasteiger partial charge in [-0.1, -0.05) is 18.5 Å². The molecule has 2 heterocycles. The SMILES string of the molecule is CCC1COCCN1c1nc(C)nc(Cl)c1C. The highest BCUT2D eigenvalue weighted by atomic mass is 35.5. The first kappa shape index (κ1) is 12.6. The summed E-state index contributed by atoms with van der Waals surface area (Å²) in [5.74, 6) is 1.68. The van der Waals surface area contributed by atoms with Crippen molar-refractivity contribution in [3.8, 4) is 0 Å². The maximum atomic E-state index is 6.12. The lowest BCUT2D eigenvalue weighted by atomic mass is 10.1. The summed E-state index contributed by atoms with van der Waals surface area (Å²) in [4.78, 5) is 11.0. The van der Waals surface area contributed by atoms with Gasteiger partial charge in [-0.25, -0.2) is 9.97 Å². The minimum atomic E-state index is 0.382. The Labute approximate surface area is 107 Å². The smallest absolute Gasteiger partial charge is 0.137 e. The Kier molecular flexibility index (Phi) is 3.84. The Hall–Kier alpha value is -0.870.